The summed E-state index contributed by atoms with van der Waals surface area (Å²) in [5.41, 5.74) is 1.76. The Morgan fingerprint density at radius 3 is 3.00 bits per heavy atom. The fraction of sp³-hybridized carbons (Fsp3) is 0.500. The van der Waals surface area contributed by atoms with E-state index in [1.54, 1.807) is 6.92 Å². The number of carbonyl (C=O) groups excluding carboxylic acids is 1. The van der Waals surface area contributed by atoms with Crippen molar-refractivity contribution < 1.29 is 9.53 Å². The zero-order chi connectivity index (χ0) is 12.4. The molecule has 17 heavy (non-hydrogen) atoms. The van der Waals surface area contributed by atoms with Gasteiger partial charge in [0.15, 0.2) is 0 Å². The second-order valence-electron chi connectivity index (χ2n) is 4.04. The van der Waals surface area contributed by atoms with Gasteiger partial charge in [-0.25, -0.2) is 0 Å². The summed E-state index contributed by atoms with van der Waals surface area (Å²) in [6.07, 6.45) is 2.58. The molecule has 5 heteroatoms. The predicted octanol–water partition coefficient (Wildman–Crippen LogP) is 2.08. The van der Waals surface area contributed by atoms with Gasteiger partial charge >= 0.3 is 0 Å². The highest BCUT2D eigenvalue weighted by atomic mass is 32.1. The van der Waals surface area contributed by atoms with Gasteiger partial charge in [-0.1, -0.05) is 0 Å². The molecular weight excluding hydrogens is 236 g/mol. The molecule has 0 aromatic carbocycles. The van der Waals surface area contributed by atoms with Crippen molar-refractivity contribution in [1.29, 1.82) is 5.26 Å². The fourth-order valence-corrected chi connectivity index (χ4v) is 3.17. The van der Waals surface area contributed by atoms with Crippen molar-refractivity contribution in [1.82, 2.24) is 0 Å². The van der Waals surface area contributed by atoms with E-state index in [9.17, 15) is 4.79 Å². The lowest BCUT2D eigenvalue weighted by Crippen LogP contribution is -2.26. The summed E-state index contributed by atoms with van der Waals surface area (Å²) < 4.78 is 4.94. The van der Waals surface area contributed by atoms with Crippen molar-refractivity contribution in [2.24, 2.45) is 0 Å². The van der Waals surface area contributed by atoms with E-state index in [1.807, 2.05) is 0 Å². The number of nitriles is 1. The van der Waals surface area contributed by atoms with Crippen LogP contribution in [0.5, 0.6) is 0 Å². The molecule has 1 aliphatic carbocycles. The van der Waals surface area contributed by atoms with Gasteiger partial charge in [-0.05, 0) is 31.7 Å². The van der Waals surface area contributed by atoms with Gasteiger partial charge in [0.1, 0.15) is 17.2 Å². The third kappa shape index (κ3) is 2.19. The maximum Gasteiger partial charge on any atom is 0.253 e. The number of rotatable bonds is 3. The van der Waals surface area contributed by atoms with E-state index in [-0.39, 0.29) is 5.91 Å². The Bertz CT molecular complexity index is 487. The van der Waals surface area contributed by atoms with E-state index in [2.05, 4.69) is 11.4 Å². The number of hydrogen-bond donors (Lipinski definition) is 1. The molecule has 1 N–H and O–H groups in total. The monoisotopic (exact) mass is 250 g/mol. The molecule has 0 saturated carbocycles. The highest BCUT2D eigenvalue weighted by Crippen LogP contribution is 2.38. The number of ether oxygens (including phenoxy) is 1. The maximum atomic E-state index is 11.7. The minimum atomic E-state index is -0.501. The summed E-state index contributed by atoms with van der Waals surface area (Å²) in [5, 5.41) is 12.6. The topological polar surface area (TPSA) is 62.1 Å². The van der Waals surface area contributed by atoms with Gasteiger partial charge in [-0.2, -0.15) is 5.26 Å². The molecule has 1 atom stereocenters. The molecule has 1 unspecified atom stereocenters. The zero-order valence-corrected chi connectivity index (χ0v) is 10.7. The lowest BCUT2D eigenvalue weighted by atomic mass is 10.1. The van der Waals surface area contributed by atoms with Gasteiger partial charge in [0, 0.05) is 12.0 Å². The van der Waals surface area contributed by atoms with Crippen molar-refractivity contribution in [2.75, 3.05) is 12.4 Å². The van der Waals surface area contributed by atoms with Crippen LogP contribution in [-0.2, 0) is 22.4 Å². The summed E-state index contributed by atoms with van der Waals surface area (Å²) in [6.45, 7) is 1.68. The first kappa shape index (κ1) is 12.1. The van der Waals surface area contributed by atoms with Crippen molar-refractivity contribution in [3.8, 4) is 6.07 Å². The summed E-state index contributed by atoms with van der Waals surface area (Å²) in [7, 11) is 1.49. The van der Waals surface area contributed by atoms with Crippen LogP contribution in [0.25, 0.3) is 0 Å². The first-order valence-corrected chi connectivity index (χ1v) is 6.37. The van der Waals surface area contributed by atoms with Crippen molar-refractivity contribution in [3.63, 3.8) is 0 Å². The van der Waals surface area contributed by atoms with Gasteiger partial charge in [-0.3, -0.25) is 4.79 Å². The Morgan fingerprint density at radius 2 is 2.35 bits per heavy atom. The minimum Gasteiger partial charge on any atom is -0.372 e. The second kappa shape index (κ2) is 4.86. The van der Waals surface area contributed by atoms with Crippen molar-refractivity contribution >= 4 is 22.2 Å². The molecule has 1 aromatic heterocycles. The molecule has 1 aliphatic rings. The Hall–Kier alpha value is -1.38. The second-order valence-corrected chi connectivity index (χ2v) is 5.15. The molecule has 0 spiro atoms. The first-order valence-electron chi connectivity index (χ1n) is 5.55. The molecule has 1 heterocycles. The van der Waals surface area contributed by atoms with Gasteiger partial charge in [0.05, 0.1) is 5.56 Å². The molecule has 2 rings (SSSR count). The Labute approximate surface area is 104 Å². The quantitative estimate of drug-likeness (QED) is 0.893. The number of thiophene rings is 1. The number of nitrogens with one attached hydrogen (secondary N) is 1. The number of methoxy groups -OCH3 is 1. The van der Waals surface area contributed by atoms with Crippen LogP contribution in [0, 0.1) is 11.3 Å². The molecule has 0 aliphatic heterocycles. The SMILES string of the molecule is COC(C)C(=O)Nc1sc2c(c1C#N)CCC2. The van der Waals surface area contributed by atoms with Crippen LogP contribution in [-0.4, -0.2) is 19.1 Å². The number of anilines is 1. The molecule has 90 valence electrons. The number of carbonyl (C=O) groups is 1. The molecule has 0 saturated heterocycles. The van der Waals surface area contributed by atoms with Crippen LogP contribution in [0.3, 0.4) is 0 Å². The van der Waals surface area contributed by atoms with E-state index in [4.69, 9.17) is 10.00 Å². The molecule has 1 aromatic rings. The molecule has 0 radical (unpaired) electrons. The number of fused-ring (bicyclic) bond motifs is 1. The fourth-order valence-electron chi connectivity index (χ4n) is 1.93. The summed E-state index contributed by atoms with van der Waals surface area (Å²) in [5.74, 6) is -0.205. The highest BCUT2D eigenvalue weighted by molar-refractivity contribution is 7.16. The Balaban J connectivity index is 2.23. The van der Waals surface area contributed by atoms with Gasteiger partial charge in [0.2, 0.25) is 0 Å². The lowest BCUT2D eigenvalue weighted by molar-refractivity contribution is -0.124. The van der Waals surface area contributed by atoms with E-state index < -0.39 is 6.10 Å². The van der Waals surface area contributed by atoms with Crippen LogP contribution >= 0.6 is 11.3 Å². The lowest BCUT2D eigenvalue weighted by Gasteiger charge is -2.09. The van der Waals surface area contributed by atoms with Crippen LogP contribution in [0.2, 0.25) is 0 Å². The largest absolute Gasteiger partial charge is 0.372 e. The number of nitrogens with zero attached hydrogens (tertiary/aromatic N) is 1. The molecule has 0 fully saturated rings. The van der Waals surface area contributed by atoms with Gasteiger partial charge < -0.3 is 10.1 Å². The maximum absolute atomic E-state index is 11.7. The molecular formula is C12H14N2O2S. The average molecular weight is 250 g/mol. The van der Waals surface area contributed by atoms with E-state index in [0.717, 1.165) is 24.8 Å². The van der Waals surface area contributed by atoms with Crippen LogP contribution in [0.1, 0.15) is 29.3 Å². The van der Waals surface area contributed by atoms with Crippen LogP contribution in [0.4, 0.5) is 5.00 Å². The third-order valence-corrected chi connectivity index (χ3v) is 4.20. The average Bonchev–Trinajstić information content (AvgIpc) is 2.87. The standard InChI is InChI=1S/C12H14N2O2S/c1-7(16-2)11(15)14-12-9(6-13)8-4-3-5-10(8)17-12/h7H,3-5H2,1-2H3,(H,14,15). The summed E-state index contributed by atoms with van der Waals surface area (Å²) in [4.78, 5) is 12.9. The van der Waals surface area contributed by atoms with Crippen LogP contribution in [0.15, 0.2) is 0 Å². The van der Waals surface area contributed by atoms with E-state index in [0.29, 0.717) is 10.6 Å². The normalized spacial score (nSPS) is 15.1. The molecule has 1 amide bonds. The van der Waals surface area contributed by atoms with Crippen molar-refractivity contribution in [3.05, 3.63) is 16.0 Å². The third-order valence-electron chi connectivity index (χ3n) is 2.99. The predicted molar refractivity (Wildman–Crippen MR) is 66.2 cm³/mol. The van der Waals surface area contributed by atoms with E-state index in [1.165, 1.54) is 23.3 Å². The number of aryl methyl sites for hydroxylation is 1. The smallest absolute Gasteiger partial charge is 0.253 e. The molecule has 4 nitrogen and oxygen atoms in total. The number of amides is 1. The van der Waals surface area contributed by atoms with Gasteiger partial charge in [0.25, 0.3) is 5.91 Å². The summed E-state index contributed by atoms with van der Waals surface area (Å²) in [6, 6.07) is 2.19. The number of hydrogen-bond acceptors (Lipinski definition) is 4. The Morgan fingerprint density at radius 1 is 1.59 bits per heavy atom. The zero-order valence-electron chi connectivity index (χ0n) is 9.87. The van der Waals surface area contributed by atoms with Crippen LogP contribution < -0.4 is 5.32 Å². The molecule has 0 bridgehead atoms. The van der Waals surface area contributed by atoms with Crippen molar-refractivity contribution in [2.45, 2.75) is 32.3 Å². The van der Waals surface area contributed by atoms with E-state index >= 15 is 0 Å². The highest BCUT2D eigenvalue weighted by Gasteiger charge is 2.24. The summed E-state index contributed by atoms with van der Waals surface area (Å²) >= 11 is 1.52. The minimum absolute atomic E-state index is 0.205. The Kier molecular flexibility index (Phi) is 3.46. The first-order chi connectivity index (χ1) is 8.17. The van der Waals surface area contributed by atoms with Gasteiger partial charge in [-0.15, -0.1) is 11.3 Å².